The van der Waals surface area contributed by atoms with Gasteiger partial charge in [0.05, 0.1) is 47.1 Å². The van der Waals surface area contributed by atoms with E-state index in [1.165, 1.54) is 28.1 Å². The monoisotopic (exact) mass is 581 g/mol. The van der Waals surface area contributed by atoms with Gasteiger partial charge in [0.2, 0.25) is 0 Å². The lowest BCUT2D eigenvalue weighted by Gasteiger charge is -2.39. The van der Waals surface area contributed by atoms with E-state index in [-0.39, 0.29) is 29.4 Å². The molecule has 3 heterocycles. The minimum absolute atomic E-state index is 0.0467. The summed E-state index contributed by atoms with van der Waals surface area (Å²) in [5.41, 5.74) is -1.11. The van der Waals surface area contributed by atoms with Crippen molar-refractivity contribution < 1.29 is 36.2 Å². The van der Waals surface area contributed by atoms with Crippen molar-refractivity contribution in [1.29, 1.82) is 0 Å². The van der Waals surface area contributed by atoms with Gasteiger partial charge in [0, 0.05) is 18.2 Å². The molecule has 1 aliphatic heterocycles. The standard InChI is InChI=1S/C28H32F5N5O3/c1-15(2)37-14-36-21-10-19(9-20(24(21)37)28(31,32)33)40-13-18-8-17(22-11-35-23(12-34-22)25(29)30)7-16(3)38(18)26(39)41-27(4,5)6/h8-12,14-16,18,25H,7,13H2,1-6H3/t16-,18-/m0/s1. The SMILES string of the molecule is CC(C)n1cnc2cc(OC[C@@H]3C=C(c4cnc(C(F)F)cn4)C[C@H](C)N3C(=O)OC(C)(C)C)cc(C(F)(F)F)c21. The van der Waals surface area contributed by atoms with Gasteiger partial charge in [-0.2, -0.15) is 13.2 Å². The molecule has 0 N–H and O–H groups in total. The van der Waals surface area contributed by atoms with Gasteiger partial charge in [0.15, 0.2) is 0 Å². The quantitative estimate of drug-likeness (QED) is 0.286. The van der Waals surface area contributed by atoms with E-state index >= 15 is 0 Å². The average molecular weight is 582 g/mol. The van der Waals surface area contributed by atoms with Crippen LogP contribution in [-0.2, 0) is 10.9 Å². The van der Waals surface area contributed by atoms with Gasteiger partial charge in [-0.05, 0) is 59.6 Å². The number of carbonyl (C=O) groups excluding carboxylic acids is 1. The summed E-state index contributed by atoms with van der Waals surface area (Å²) in [5, 5.41) is 0. The van der Waals surface area contributed by atoms with Gasteiger partial charge in [-0.1, -0.05) is 6.08 Å². The lowest BCUT2D eigenvalue weighted by Crippen LogP contribution is -2.51. The van der Waals surface area contributed by atoms with Gasteiger partial charge < -0.3 is 14.0 Å². The second-order valence-corrected chi connectivity index (χ2v) is 11.2. The van der Waals surface area contributed by atoms with Crippen LogP contribution in [0.5, 0.6) is 5.75 Å². The summed E-state index contributed by atoms with van der Waals surface area (Å²) in [5.74, 6) is -0.0720. The molecule has 0 fully saturated rings. The normalized spacial score (nSPS) is 18.3. The Kier molecular flexibility index (Phi) is 8.28. The molecule has 4 rings (SSSR count). The summed E-state index contributed by atoms with van der Waals surface area (Å²) in [4.78, 5) is 26.7. The molecular formula is C28H32F5N5O3. The first-order chi connectivity index (χ1) is 19.0. The number of hydrogen-bond acceptors (Lipinski definition) is 6. The molecule has 0 spiro atoms. The van der Waals surface area contributed by atoms with Crippen molar-refractivity contribution in [3.05, 3.63) is 53.9 Å². The highest BCUT2D eigenvalue weighted by Gasteiger charge is 2.37. The van der Waals surface area contributed by atoms with Crippen molar-refractivity contribution in [2.45, 2.75) is 84.3 Å². The van der Waals surface area contributed by atoms with Crippen molar-refractivity contribution >= 4 is 22.7 Å². The zero-order valence-electron chi connectivity index (χ0n) is 23.5. The number of hydrogen-bond donors (Lipinski definition) is 0. The van der Waals surface area contributed by atoms with Crippen LogP contribution in [0, 0.1) is 0 Å². The van der Waals surface area contributed by atoms with Crippen molar-refractivity contribution in [2.24, 2.45) is 0 Å². The third-order valence-corrected chi connectivity index (χ3v) is 6.50. The molecule has 13 heteroatoms. The predicted molar refractivity (Wildman–Crippen MR) is 142 cm³/mol. The summed E-state index contributed by atoms with van der Waals surface area (Å²) in [6.07, 6.45) is -2.50. The Morgan fingerprint density at radius 1 is 1.10 bits per heavy atom. The minimum Gasteiger partial charge on any atom is -0.491 e. The highest BCUT2D eigenvalue weighted by Crippen LogP contribution is 2.39. The van der Waals surface area contributed by atoms with E-state index in [2.05, 4.69) is 15.0 Å². The van der Waals surface area contributed by atoms with Gasteiger partial charge in [0.25, 0.3) is 6.43 Å². The van der Waals surface area contributed by atoms with Gasteiger partial charge in [-0.25, -0.2) is 18.6 Å². The summed E-state index contributed by atoms with van der Waals surface area (Å²) in [6, 6.07) is 0.877. The lowest BCUT2D eigenvalue weighted by molar-refractivity contribution is -0.136. The van der Waals surface area contributed by atoms with E-state index in [1.807, 2.05) is 0 Å². The van der Waals surface area contributed by atoms with Gasteiger partial charge >= 0.3 is 12.3 Å². The maximum Gasteiger partial charge on any atom is 0.418 e. The molecule has 41 heavy (non-hydrogen) atoms. The molecule has 222 valence electrons. The van der Waals surface area contributed by atoms with Crippen LogP contribution in [0.2, 0.25) is 0 Å². The number of rotatable bonds is 6. The maximum absolute atomic E-state index is 14.1. The van der Waals surface area contributed by atoms with Crippen LogP contribution in [0.25, 0.3) is 16.6 Å². The van der Waals surface area contributed by atoms with Crippen LogP contribution in [0.15, 0.2) is 36.9 Å². The third kappa shape index (κ3) is 6.76. The summed E-state index contributed by atoms with van der Waals surface area (Å²) in [6.45, 7) is 10.2. The van der Waals surface area contributed by atoms with E-state index in [0.29, 0.717) is 17.7 Å². The minimum atomic E-state index is -4.66. The number of benzene rings is 1. The fourth-order valence-electron chi connectivity index (χ4n) is 4.71. The van der Waals surface area contributed by atoms with Crippen molar-refractivity contribution in [1.82, 2.24) is 24.4 Å². The topological polar surface area (TPSA) is 82.4 Å². The molecule has 1 aromatic carbocycles. The summed E-state index contributed by atoms with van der Waals surface area (Å²) < 4.78 is 81.1. The third-order valence-electron chi connectivity index (χ3n) is 6.50. The average Bonchev–Trinajstić information content (AvgIpc) is 3.29. The lowest BCUT2D eigenvalue weighted by atomic mass is 9.95. The zero-order chi connectivity index (χ0) is 30.3. The Balaban J connectivity index is 1.70. The molecule has 0 radical (unpaired) electrons. The Hall–Kier alpha value is -3.77. The van der Waals surface area contributed by atoms with Crippen molar-refractivity contribution in [3.8, 4) is 5.75 Å². The van der Waals surface area contributed by atoms with Gasteiger partial charge in [-0.15, -0.1) is 0 Å². The Labute approximate surface area is 234 Å². The molecule has 0 unspecified atom stereocenters. The van der Waals surface area contributed by atoms with E-state index in [0.717, 1.165) is 12.3 Å². The molecule has 2 atom stereocenters. The first kappa shape index (κ1) is 30.2. The van der Waals surface area contributed by atoms with Crippen LogP contribution >= 0.6 is 0 Å². The molecule has 1 aliphatic rings. The van der Waals surface area contributed by atoms with Crippen LogP contribution in [0.1, 0.15) is 77.4 Å². The number of fused-ring (bicyclic) bond motifs is 1. The predicted octanol–water partition coefficient (Wildman–Crippen LogP) is 7.22. The Bertz CT molecular complexity index is 1430. The van der Waals surface area contributed by atoms with Gasteiger partial charge in [0.1, 0.15) is 23.7 Å². The van der Waals surface area contributed by atoms with Crippen LogP contribution in [0.4, 0.5) is 26.7 Å². The molecule has 0 aliphatic carbocycles. The molecule has 1 amide bonds. The molecular weight excluding hydrogens is 549 g/mol. The summed E-state index contributed by atoms with van der Waals surface area (Å²) in [7, 11) is 0. The molecule has 2 aromatic heterocycles. The number of imidazole rings is 1. The van der Waals surface area contributed by atoms with Crippen LogP contribution < -0.4 is 4.74 Å². The van der Waals surface area contributed by atoms with Crippen molar-refractivity contribution in [3.63, 3.8) is 0 Å². The Morgan fingerprint density at radius 3 is 2.37 bits per heavy atom. The van der Waals surface area contributed by atoms with Crippen LogP contribution in [-0.4, -0.2) is 54.8 Å². The largest absolute Gasteiger partial charge is 0.491 e. The highest BCUT2D eigenvalue weighted by molar-refractivity contribution is 5.82. The zero-order valence-corrected chi connectivity index (χ0v) is 23.5. The van der Waals surface area contributed by atoms with Crippen molar-refractivity contribution in [2.75, 3.05) is 6.61 Å². The number of halogens is 5. The highest BCUT2D eigenvalue weighted by atomic mass is 19.4. The number of amides is 1. The summed E-state index contributed by atoms with van der Waals surface area (Å²) >= 11 is 0. The fraction of sp³-hybridized carbons (Fsp3) is 0.500. The van der Waals surface area contributed by atoms with Gasteiger partial charge in [-0.3, -0.25) is 14.9 Å². The molecule has 0 saturated heterocycles. The number of alkyl halides is 5. The Morgan fingerprint density at radius 2 is 1.80 bits per heavy atom. The van der Waals surface area contributed by atoms with E-state index in [4.69, 9.17) is 9.47 Å². The molecule has 8 nitrogen and oxygen atoms in total. The molecule has 0 bridgehead atoms. The van der Waals surface area contributed by atoms with E-state index in [9.17, 15) is 26.7 Å². The van der Waals surface area contributed by atoms with Crippen LogP contribution in [0.3, 0.4) is 0 Å². The number of nitrogens with zero attached hydrogens (tertiary/aromatic N) is 5. The van der Waals surface area contributed by atoms with E-state index < -0.39 is 47.6 Å². The second kappa shape index (κ2) is 11.2. The molecule has 0 saturated carbocycles. The second-order valence-electron chi connectivity index (χ2n) is 11.2. The number of carbonyl (C=O) groups is 1. The number of aromatic nitrogens is 4. The first-order valence-corrected chi connectivity index (χ1v) is 13.1. The first-order valence-electron chi connectivity index (χ1n) is 13.1. The van der Waals surface area contributed by atoms with E-state index in [1.54, 1.807) is 47.6 Å². The maximum atomic E-state index is 14.1. The fourth-order valence-corrected chi connectivity index (χ4v) is 4.71. The molecule has 3 aromatic rings. The number of ether oxygens (including phenoxy) is 2. The smallest absolute Gasteiger partial charge is 0.418 e.